The second kappa shape index (κ2) is 10.8. The molecule has 4 nitrogen and oxygen atoms in total. The van der Waals surface area contributed by atoms with Crippen molar-refractivity contribution in [2.45, 2.75) is 40.2 Å². The fourth-order valence-electron chi connectivity index (χ4n) is 1.58. The average molecular weight is 370 g/mol. The number of rotatable bonds is 7. The molecule has 0 heterocycles. The zero-order valence-electron chi connectivity index (χ0n) is 12.7. The Morgan fingerprint density at radius 3 is 2.11 bits per heavy atom. The zero-order chi connectivity index (χ0) is 13.4. The molecule has 0 aliphatic carbocycles. The van der Waals surface area contributed by atoms with E-state index < -0.39 is 0 Å². The van der Waals surface area contributed by atoms with Gasteiger partial charge >= 0.3 is 0 Å². The maximum Gasteiger partial charge on any atom is 0.188 e. The van der Waals surface area contributed by atoms with E-state index in [1.807, 2.05) is 0 Å². The van der Waals surface area contributed by atoms with Gasteiger partial charge in [0.05, 0.1) is 0 Å². The number of nitrogens with zero attached hydrogens (tertiary/aromatic N) is 2. The average Bonchev–Trinajstić information content (AvgIpc) is 2.20. The van der Waals surface area contributed by atoms with Gasteiger partial charge in [-0.3, -0.25) is 4.99 Å². The van der Waals surface area contributed by atoms with Crippen LogP contribution in [0.5, 0.6) is 0 Å². The van der Waals surface area contributed by atoms with Gasteiger partial charge in [-0.2, -0.15) is 0 Å². The van der Waals surface area contributed by atoms with Gasteiger partial charge in [-0.15, -0.1) is 24.0 Å². The molecular weight excluding hydrogens is 339 g/mol. The first kappa shape index (κ1) is 20.3. The van der Waals surface area contributed by atoms with Crippen LogP contribution in [0.1, 0.15) is 34.1 Å². The predicted octanol–water partition coefficient (Wildman–Crippen LogP) is 2.14. The molecule has 0 saturated heterocycles. The van der Waals surface area contributed by atoms with Crippen molar-refractivity contribution < 1.29 is 0 Å². The summed E-state index contributed by atoms with van der Waals surface area (Å²) in [7, 11) is 4.21. The fraction of sp³-hybridized carbons (Fsp3) is 0.923. The summed E-state index contributed by atoms with van der Waals surface area (Å²) < 4.78 is 0. The number of hydrogen-bond acceptors (Lipinski definition) is 2. The van der Waals surface area contributed by atoms with E-state index in [0.29, 0.717) is 23.8 Å². The second-order valence-electron chi connectivity index (χ2n) is 5.75. The van der Waals surface area contributed by atoms with Crippen LogP contribution in [0.3, 0.4) is 0 Å². The maximum absolute atomic E-state index is 5.82. The molecule has 18 heavy (non-hydrogen) atoms. The topological polar surface area (TPSA) is 53.6 Å². The molecule has 0 bridgehead atoms. The quantitative estimate of drug-likeness (QED) is 0.410. The van der Waals surface area contributed by atoms with Gasteiger partial charge in [-0.1, -0.05) is 27.7 Å². The maximum atomic E-state index is 5.82. The number of halogens is 1. The van der Waals surface area contributed by atoms with Crippen molar-refractivity contribution in [3.05, 3.63) is 0 Å². The molecule has 0 rings (SSSR count). The van der Waals surface area contributed by atoms with E-state index in [1.165, 1.54) is 0 Å². The molecule has 1 unspecified atom stereocenters. The highest BCUT2D eigenvalue weighted by molar-refractivity contribution is 14.0. The third kappa shape index (κ3) is 11.1. The van der Waals surface area contributed by atoms with Crippen molar-refractivity contribution in [3.63, 3.8) is 0 Å². The molecule has 0 aromatic rings. The third-order valence-electron chi connectivity index (χ3n) is 2.62. The van der Waals surface area contributed by atoms with Crippen LogP contribution in [0.15, 0.2) is 4.99 Å². The van der Waals surface area contributed by atoms with Crippen molar-refractivity contribution in [2.24, 2.45) is 22.6 Å². The van der Waals surface area contributed by atoms with E-state index >= 15 is 0 Å². The van der Waals surface area contributed by atoms with Gasteiger partial charge in [0.1, 0.15) is 0 Å². The Morgan fingerprint density at radius 2 is 1.72 bits per heavy atom. The van der Waals surface area contributed by atoms with Crippen LogP contribution in [-0.2, 0) is 0 Å². The Bertz CT molecular complexity index is 227. The van der Waals surface area contributed by atoms with Crippen molar-refractivity contribution in [1.82, 2.24) is 10.2 Å². The monoisotopic (exact) mass is 370 g/mol. The molecule has 110 valence electrons. The lowest BCUT2D eigenvalue weighted by atomic mass is 10.0. The number of guanidine groups is 1. The molecule has 5 heteroatoms. The Morgan fingerprint density at radius 1 is 1.17 bits per heavy atom. The molecule has 0 spiro atoms. The van der Waals surface area contributed by atoms with E-state index in [-0.39, 0.29) is 24.0 Å². The molecule has 0 fully saturated rings. The fourth-order valence-corrected chi connectivity index (χ4v) is 1.58. The molecule has 0 aromatic carbocycles. The summed E-state index contributed by atoms with van der Waals surface area (Å²) in [4.78, 5) is 6.54. The summed E-state index contributed by atoms with van der Waals surface area (Å²) >= 11 is 0. The second-order valence-corrected chi connectivity index (χ2v) is 5.75. The normalized spacial score (nSPS) is 13.9. The first-order valence-electron chi connectivity index (χ1n) is 6.53. The minimum atomic E-state index is 0. The predicted molar refractivity (Wildman–Crippen MR) is 91.7 cm³/mol. The Hall–Kier alpha value is -0.0400. The van der Waals surface area contributed by atoms with Crippen LogP contribution in [0, 0.1) is 11.8 Å². The summed E-state index contributed by atoms with van der Waals surface area (Å²) in [5, 5.41) is 3.21. The van der Waals surface area contributed by atoms with Crippen LogP contribution < -0.4 is 11.1 Å². The van der Waals surface area contributed by atoms with Crippen LogP contribution in [0.2, 0.25) is 0 Å². The first-order chi connectivity index (χ1) is 7.82. The van der Waals surface area contributed by atoms with Crippen molar-refractivity contribution >= 4 is 29.9 Å². The highest BCUT2D eigenvalue weighted by Crippen LogP contribution is 2.07. The number of nitrogens with one attached hydrogen (secondary N) is 1. The van der Waals surface area contributed by atoms with Gasteiger partial charge in [0.15, 0.2) is 5.96 Å². The number of hydrogen-bond donors (Lipinski definition) is 2. The Balaban J connectivity index is 0. The van der Waals surface area contributed by atoms with Crippen molar-refractivity contribution in [1.29, 1.82) is 0 Å². The van der Waals surface area contributed by atoms with E-state index in [2.05, 4.69) is 57.0 Å². The highest BCUT2D eigenvalue weighted by atomic mass is 127. The van der Waals surface area contributed by atoms with Crippen molar-refractivity contribution in [3.8, 4) is 0 Å². The SMILES string of the molecule is CC(C)CN=C(N)NCC(CC(C)C)N(C)C.I. The van der Waals surface area contributed by atoms with Crippen LogP contribution >= 0.6 is 24.0 Å². The van der Waals surface area contributed by atoms with Crippen LogP contribution in [-0.4, -0.2) is 44.1 Å². The first-order valence-corrected chi connectivity index (χ1v) is 6.53. The molecule has 1 atom stereocenters. The largest absolute Gasteiger partial charge is 0.370 e. The molecule has 0 saturated carbocycles. The lowest BCUT2D eigenvalue weighted by molar-refractivity contribution is 0.254. The summed E-state index contributed by atoms with van der Waals surface area (Å²) in [6.45, 7) is 10.4. The van der Waals surface area contributed by atoms with Gasteiger partial charge in [0, 0.05) is 19.1 Å². The lowest BCUT2D eigenvalue weighted by Crippen LogP contribution is -2.43. The minimum Gasteiger partial charge on any atom is -0.370 e. The van der Waals surface area contributed by atoms with Gasteiger partial charge in [-0.05, 0) is 32.4 Å². The lowest BCUT2D eigenvalue weighted by Gasteiger charge is -2.26. The number of aliphatic imine (C=N–C) groups is 1. The number of nitrogens with two attached hydrogens (primary N) is 1. The molecule has 0 aliphatic heterocycles. The summed E-state index contributed by atoms with van der Waals surface area (Å²) in [5.41, 5.74) is 5.82. The summed E-state index contributed by atoms with van der Waals surface area (Å²) in [6, 6.07) is 0.503. The van der Waals surface area contributed by atoms with E-state index in [9.17, 15) is 0 Å². The van der Waals surface area contributed by atoms with E-state index in [4.69, 9.17) is 5.73 Å². The van der Waals surface area contributed by atoms with E-state index in [0.717, 1.165) is 19.5 Å². The molecule has 0 amide bonds. The minimum absolute atomic E-state index is 0. The van der Waals surface area contributed by atoms with Crippen LogP contribution in [0.4, 0.5) is 0 Å². The zero-order valence-corrected chi connectivity index (χ0v) is 15.1. The molecule has 0 aromatic heterocycles. The molecule has 0 aliphatic rings. The molecule has 0 radical (unpaired) electrons. The van der Waals surface area contributed by atoms with Gasteiger partial charge in [0.2, 0.25) is 0 Å². The van der Waals surface area contributed by atoms with Crippen LogP contribution in [0.25, 0.3) is 0 Å². The summed E-state index contributed by atoms with van der Waals surface area (Å²) in [6.07, 6.45) is 1.16. The highest BCUT2D eigenvalue weighted by Gasteiger charge is 2.13. The van der Waals surface area contributed by atoms with Gasteiger partial charge in [-0.25, -0.2) is 0 Å². The Labute approximate surface area is 130 Å². The molecule has 3 N–H and O–H groups in total. The standard InChI is InChI=1S/C13H30N4.HI/c1-10(2)7-12(17(5)6)9-16-13(14)15-8-11(3)4;/h10-12H,7-9H2,1-6H3,(H3,14,15,16);1H. The van der Waals surface area contributed by atoms with E-state index in [1.54, 1.807) is 0 Å². The summed E-state index contributed by atoms with van der Waals surface area (Å²) in [5.74, 6) is 1.81. The van der Waals surface area contributed by atoms with Crippen molar-refractivity contribution in [2.75, 3.05) is 27.2 Å². The third-order valence-corrected chi connectivity index (χ3v) is 2.62. The number of likely N-dealkylation sites (N-methyl/N-ethyl adjacent to an activating group) is 1. The molecular formula is C13H31IN4. The smallest absolute Gasteiger partial charge is 0.188 e. The van der Waals surface area contributed by atoms with Gasteiger partial charge < -0.3 is 16.0 Å². The Kier molecular flexibility index (Phi) is 12.2. The van der Waals surface area contributed by atoms with Gasteiger partial charge in [0.25, 0.3) is 0 Å².